The highest BCUT2D eigenvalue weighted by Crippen LogP contribution is 2.20. The summed E-state index contributed by atoms with van der Waals surface area (Å²) in [6.45, 7) is 6.07. The average molecular weight is 223 g/mol. The molecule has 17 heavy (non-hydrogen) atoms. The van der Waals surface area contributed by atoms with Gasteiger partial charge in [0.15, 0.2) is 0 Å². The van der Waals surface area contributed by atoms with Crippen molar-refractivity contribution < 1.29 is 0 Å². The van der Waals surface area contributed by atoms with Crippen molar-refractivity contribution >= 4 is 0 Å². The Bertz CT molecular complexity index is 521. The van der Waals surface area contributed by atoms with Gasteiger partial charge in [0, 0.05) is 0 Å². The van der Waals surface area contributed by atoms with Crippen LogP contribution in [0.3, 0.4) is 0 Å². The fourth-order valence-corrected chi connectivity index (χ4v) is 1.59. The third kappa shape index (κ3) is 3.46. The molecule has 0 amide bonds. The summed E-state index contributed by atoms with van der Waals surface area (Å²) in [6, 6.07) is 18.1. The summed E-state index contributed by atoms with van der Waals surface area (Å²) in [7, 11) is 0. The van der Waals surface area contributed by atoms with Crippen molar-refractivity contribution in [3.8, 4) is 17.2 Å². The van der Waals surface area contributed by atoms with Crippen LogP contribution < -0.4 is 0 Å². The van der Waals surface area contributed by atoms with Crippen molar-refractivity contribution in [1.29, 1.82) is 5.26 Å². The van der Waals surface area contributed by atoms with Gasteiger partial charge in [0.1, 0.15) is 0 Å². The lowest BCUT2D eigenvalue weighted by atomic mass is 10.0. The molecule has 0 unspecified atom stereocenters. The molecule has 0 fully saturated rings. The predicted molar refractivity (Wildman–Crippen MR) is 72.7 cm³/mol. The second-order valence-electron chi connectivity index (χ2n) is 3.56. The number of hydrogen-bond acceptors (Lipinski definition) is 1. The van der Waals surface area contributed by atoms with Crippen LogP contribution in [0.4, 0.5) is 0 Å². The van der Waals surface area contributed by atoms with Gasteiger partial charge in [-0.3, -0.25) is 0 Å². The number of nitriles is 1. The van der Waals surface area contributed by atoms with Crippen molar-refractivity contribution in [3.63, 3.8) is 0 Å². The molecule has 1 heteroatoms. The molecule has 0 heterocycles. The molecule has 0 aliphatic carbocycles. The van der Waals surface area contributed by atoms with Crippen LogP contribution in [-0.4, -0.2) is 0 Å². The van der Waals surface area contributed by atoms with Gasteiger partial charge >= 0.3 is 0 Å². The van der Waals surface area contributed by atoms with Crippen molar-refractivity contribution in [3.05, 3.63) is 59.7 Å². The normalized spacial score (nSPS) is 8.82. The summed E-state index contributed by atoms with van der Waals surface area (Å²) >= 11 is 0. The van der Waals surface area contributed by atoms with E-state index < -0.39 is 0 Å². The summed E-state index contributed by atoms with van der Waals surface area (Å²) in [4.78, 5) is 0. The molecule has 0 N–H and O–H groups in total. The topological polar surface area (TPSA) is 23.8 Å². The first-order valence-corrected chi connectivity index (χ1v) is 5.87. The molecule has 86 valence electrons. The highest BCUT2D eigenvalue weighted by atomic mass is 14.2. The smallest absolute Gasteiger partial charge is 0.0991 e. The highest BCUT2D eigenvalue weighted by Gasteiger charge is 1.98. The number of nitrogens with zero attached hydrogens (tertiary/aromatic N) is 1. The summed E-state index contributed by atoms with van der Waals surface area (Å²) in [6.07, 6.45) is 0. The SMILES string of the molecule is CC.Cc1cccc(-c2cccc(C#N)c2)c1. The lowest BCUT2D eigenvalue weighted by molar-refractivity contribution is 1.45. The van der Waals surface area contributed by atoms with Crippen LogP contribution in [0.25, 0.3) is 11.1 Å². The molecule has 2 aromatic carbocycles. The Balaban J connectivity index is 0.000000686. The molecule has 0 aliphatic heterocycles. The van der Waals surface area contributed by atoms with Gasteiger partial charge in [-0.25, -0.2) is 0 Å². The Morgan fingerprint density at radius 3 is 2.06 bits per heavy atom. The van der Waals surface area contributed by atoms with Gasteiger partial charge in [-0.05, 0) is 30.2 Å². The van der Waals surface area contributed by atoms with E-state index in [9.17, 15) is 0 Å². The molecule has 0 atom stereocenters. The van der Waals surface area contributed by atoms with E-state index >= 15 is 0 Å². The second-order valence-corrected chi connectivity index (χ2v) is 3.56. The lowest BCUT2D eigenvalue weighted by Gasteiger charge is -2.02. The van der Waals surface area contributed by atoms with E-state index in [1.54, 1.807) is 0 Å². The van der Waals surface area contributed by atoms with Crippen LogP contribution in [0.15, 0.2) is 48.5 Å². The maximum absolute atomic E-state index is 8.81. The van der Waals surface area contributed by atoms with Crippen molar-refractivity contribution in [2.75, 3.05) is 0 Å². The van der Waals surface area contributed by atoms with Gasteiger partial charge in [0.2, 0.25) is 0 Å². The molecule has 0 aromatic heterocycles. The fraction of sp³-hybridized carbons (Fsp3) is 0.188. The predicted octanol–water partition coefficient (Wildman–Crippen LogP) is 4.56. The van der Waals surface area contributed by atoms with Gasteiger partial charge in [-0.15, -0.1) is 0 Å². The first-order chi connectivity index (χ1) is 8.29. The average Bonchev–Trinajstić information content (AvgIpc) is 2.41. The lowest BCUT2D eigenvalue weighted by Crippen LogP contribution is -1.80. The van der Waals surface area contributed by atoms with Crippen LogP contribution in [-0.2, 0) is 0 Å². The number of rotatable bonds is 1. The third-order valence-electron chi connectivity index (χ3n) is 2.34. The van der Waals surface area contributed by atoms with E-state index in [0.717, 1.165) is 11.1 Å². The molecule has 0 saturated carbocycles. The zero-order valence-electron chi connectivity index (χ0n) is 10.6. The minimum atomic E-state index is 0.703. The summed E-state index contributed by atoms with van der Waals surface area (Å²) in [5.41, 5.74) is 4.19. The number of aryl methyl sites for hydroxylation is 1. The molecule has 0 aliphatic rings. The Morgan fingerprint density at radius 2 is 1.47 bits per heavy atom. The molecular weight excluding hydrogens is 206 g/mol. The number of benzene rings is 2. The zero-order chi connectivity index (χ0) is 12.7. The van der Waals surface area contributed by atoms with E-state index in [2.05, 4.69) is 31.2 Å². The molecule has 1 nitrogen and oxygen atoms in total. The summed E-state index contributed by atoms with van der Waals surface area (Å²) in [5.74, 6) is 0. The van der Waals surface area contributed by atoms with E-state index in [4.69, 9.17) is 5.26 Å². The minimum absolute atomic E-state index is 0.703. The van der Waals surface area contributed by atoms with Crippen molar-refractivity contribution in [2.45, 2.75) is 20.8 Å². The van der Waals surface area contributed by atoms with Crippen LogP contribution in [0.5, 0.6) is 0 Å². The molecule has 2 rings (SSSR count). The Morgan fingerprint density at radius 1 is 0.882 bits per heavy atom. The van der Waals surface area contributed by atoms with Gasteiger partial charge in [-0.1, -0.05) is 55.8 Å². The van der Waals surface area contributed by atoms with E-state index in [1.807, 2.05) is 44.2 Å². The first-order valence-electron chi connectivity index (χ1n) is 5.87. The summed E-state index contributed by atoms with van der Waals surface area (Å²) in [5, 5.41) is 8.81. The molecule has 0 bridgehead atoms. The molecule has 0 saturated heterocycles. The molecule has 0 radical (unpaired) electrons. The minimum Gasteiger partial charge on any atom is -0.192 e. The van der Waals surface area contributed by atoms with Gasteiger partial charge < -0.3 is 0 Å². The van der Waals surface area contributed by atoms with E-state index in [0.29, 0.717) is 5.56 Å². The second kappa shape index (κ2) is 6.50. The van der Waals surface area contributed by atoms with Crippen LogP contribution >= 0.6 is 0 Å². The monoisotopic (exact) mass is 223 g/mol. The first kappa shape index (κ1) is 13.0. The Labute approximate surface area is 103 Å². The van der Waals surface area contributed by atoms with E-state index in [-0.39, 0.29) is 0 Å². The zero-order valence-corrected chi connectivity index (χ0v) is 10.6. The largest absolute Gasteiger partial charge is 0.192 e. The maximum atomic E-state index is 8.81. The molecular formula is C16H17N. The summed E-state index contributed by atoms with van der Waals surface area (Å²) < 4.78 is 0. The van der Waals surface area contributed by atoms with Crippen LogP contribution in [0.1, 0.15) is 25.0 Å². The molecule has 2 aromatic rings. The standard InChI is InChI=1S/C14H11N.C2H6/c1-11-4-2-6-13(8-11)14-7-3-5-12(9-14)10-15;1-2/h2-9H,1H3;1-2H3. The van der Waals surface area contributed by atoms with Gasteiger partial charge in [-0.2, -0.15) is 5.26 Å². The van der Waals surface area contributed by atoms with Gasteiger partial charge in [0.05, 0.1) is 11.6 Å². The van der Waals surface area contributed by atoms with Crippen molar-refractivity contribution in [1.82, 2.24) is 0 Å². The van der Waals surface area contributed by atoms with Gasteiger partial charge in [0.25, 0.3) is 0 Å². The third-order valence-corrected chi connectivity index (χ3v) is 2.34. The van der Waals surface area contributed by atoms with E-state index in [1.165, 1.54) is 5.56 Å². The molecule has 0 spiro atoms. The number of hydrogen-bond donors (Lipinski definition) is 0. The van der Waals surface area contributed by atoms with Crippen LogP contribution in [0.2, 0.25) is 0 Å². The Kier molecular flexibility index (Phi) is 4.97. The van der Waals surface area contributed by atoms with Crippen LogP contribution in [0, 0.1) is 18.3 Å². The van der Waals surface area contributed by atoms with Crippen molar-refractivity contribution in [2.24, 2.45) is 0 Å². The quantitative estimate of drug-likeness (QED) is 0.695. The maximum Gasteiger partial charge on any atom is 0.0991 e. The highest BCUT2D eigenvalue weighted by molar-refractivity contribution is 5.65. The Hall–Kier alpha value is -2.07. The fourth-order valence-electron chi connectivity index (χ4n) is 1.59.